The minimum atomic E-state index is -0.294. The van der Waals surface area contributed by atoms with Crippen LogP contribution in [-0.2, 0) is 15.3 Å². The fourth-order valence-corrected chi connectivity index (χ4v) is 3.67. The lowest BCUT2D eigenvalue weighted by Crippen LogP contribution is -2.51. The second kappa shape index (κ2) is 7.53. The van der Waals surface area contributed by atoms with Gasteiger partial charge in [0.25, 0.3) is 0 Å². The molecule has 1 heterocycles. The van der Waals surface area contributed by atoms with Crippen LogP contribution in [0.5, 0.6) is 0 Å². The average molecular weight is 340 g/mol. The molecule has 0 spiro atoms. The van der Waals surface area contributed by atoms with Gasteiger partial charge in [0.15, 0.2) is 0 Å². The van der Waals surface area contributed by atoms with Crippen molar-refractivity contribution in [3.8, 4) is 0 Å². The number of carbonyl (C=O) groups excluding carboxylic acids is 2. The minimum absolute atomic E-state index is 0.184. The van der Waals surface area contributed by atoms with E-state index in [0.717, 1.165) is 16.3 Å². The second-order valence-electron chi connectivity index (χ2n) is 5.85. The van der Waals surface area contributed by atoms with E-state index in [1.807, 2.05) is 42.3 Å². The molecule has 4 nitrogen and oxygen atoms in total. The van der Waals surface area contributed by atoms with Crippen LogP contribution in [0.15, 0.2) is 59.5 Å². The highest BCUT2D eigenvalue weighted by atomic mass is 32.2. The van der Waals surface area contributed by atoms with Crippen LogP contribution in [0, 0.1) is 0 Å². The fourth-order valence-electron chi connectivity index (χ4n) is 2.77. The smallest absolute Gasteiger partial charge is 0.249 e. The first-order valence-corrected chi connectivity index (χ1v) is 8.95. The molecule has 5 heteroatoms. The molecule has 2 aromatic carbocycles. The molecule has 1 unspecified atom stereocenters. The van der Waals surface area contributed by atoms with E-state index in [1.165, 1.54) is 5.56 Å². The summed E-state index contributed by atoms with van der Waals surface area (Å²) in [4.78, 5) is 26.4. The number of hydrogen-bond donors (Lipinski definition) is 1. The van der Waals surface area contributed by atoms with Gasteiger partial charge in [-0.2, -0.15) is 0 Å². The largest absolute Gasteiger partial charge is 0.363 e. The van der Waals surface area contributed by atoms with Crippen LogP contribution in [0.25, 0.3) is 0 Å². The number of imide groups is 1. The topological polar surface area (TPSA) is 49.4 Å². The Morgan fingerprint density at radius 1 is 1.12 bits per heavy atom. The Hall–Kier alpha value is -2.27. The van der Waals surface area contributed by atoms with Gasteiger partial charge < -0.3 is 4.90 Å². The van der Waals surface area contributed by atoms with Gasteiger partial charge in [0, 0.05) is 29.8 Å². The van der Waals surface area contributed by atoms with Gasteiger partial charge in [-0.1, -0.05) is 36.4 Å². The maximum absolute atomic E-state index is 12.0. The van der Waals surface area contributed by atoms with Crippen molar-refractivity contribution < 1.29 is 9.59 Å². The molecule has 124 valence electrons. The second-order valence-corrected chi connectivity index (χ2v) is 6.90. The van der Waals surface area contributed by atoms with Gasteiger partial charge in [0.05, 0.1) is 0 Å². The number of nitrogens with one attached hydrogen (secondary N) is 1. The van der Waals surface area contributed by atoms with Crippen molar-refractivity contribution in [1.29, 1.82) is 0 Å². The van der Waals surface area contributed by atoms with Crippen LogP contribution >= 0.6 is 11.8 Å². The van der Waals surface area contributed by atoms with Crippen molar-refractivity contribution in [3.63, 3.8) is 0 Å². The normalized spacial score (nSPS) is 17.5. The van der Waals surface area contributed by atoms with E-state index < -0.39 is 0 Å². The Morgan fingerprint density at radius 2 is 1.92 bits per heavy atom. The number of amides is 2. The summed E-state index contributed by atoms with van der Waals surface area (Å²) in [7, 11) is 1.90. The summed E-state index contributed by atoms with van der Waals surface area (Å²) in [5, 5.41) is 2.42. The summed E-state index contributed by atoms with van der Waals surface area (Å²) < 4.78 is 0. The standard InChI is InChI=1S/C19H20N2O2S/c1-21(17-10-11-18(22)20-19(17)23)15-8-5-9-16(12-15)24-13-14-6-3-2-4-7-14/h2-9,12,17H,10-11,13H2,1H3,(H,20,22,23). The van der Waals surface area contributed by atoms with Gasteiger partial charge in [-0.05, 0) is 30.2 Å². The molecule has 1 N–H and O–H groups in total. The molecular weight excluding hydrogens is 320 g/mol. The number of nitrogens with zero attached hydrogens (tertiary/aromatic N) is 1. The molecule has 0 bridgehead atoms. The fraction of sp³-hybridized carbons (Fsp3) is 0.263. The molecule has 0 aliphatic carbocycles. The van der Waals surface area contributed by atoms with Gasteiger partial charge >= 0.3 is 0 Å². The zero-order valence-corrected chi connectivity index (χ0v) is 14.4. The van der Waals surface area contributed by atoms with E-state index in [1.54, 1.807) is 11.8 Å². The number of benzene rings is 2. The predicted octanol–water partition coefficient (Wildman–Crippen LogP) is 3.22. The summed E-state index contributed by atoms with van der Waals surface area (Å²) in [5.74, 6) is 0.514. The molecule has 1 saturated heterocycles. The summed E-state index contributed by atoms with van der Waals surface area (Å²) in [5.41, 5.74) is 2.27. The van der Waals surface area contributed by atoms with E-state index in [-0.39, 0.29) is 17.9 Å². The number of hydrogen-bond acceptors (Lipinski definition) is 4. The quantitative estimate of drug-likeness (QED) is 0.671. The lowest BCUT2D eigenvalue weighted by atomic mass is 10.0. The Bertz CT molecular complexity index is 733. The molecule has 2 amide bonds. The highest BCUT2D eigenvalue weighted by molar-refractivity contribution is 7.98. The lowest BCUT2D eigenvalue weighted by molar-refractivity contribution is -0.134. The Balaban J connectivity index is 1.68. The van der Waals surface area contributed by atoms with Gasteiger partial charge in [0.2, 0.25) is 11.8 Å². The number of rotatable bonds is 5. The van der Waals surface area contributed by atoms with Gasteiger partial charge in [-0.25, -0.2) is 0 Å². The van der Waals surface area contributed by atoms with E-state index in [9.17, 15) is 9.59 Å². The third-order valence-corrected chi connectivity index (χ3v) is 5.22. The minimum Gasteiger partial charge on any atom is -0.363 e. The summed E-state index contributed by atoms with van der Waals surface area (Å²) >= 11 is 1.77. The van der Waals surface area contributed by atoms with E-state index in [2.05, 4.69) is 29.6 Å². The van der Waals surface area contributed by atoms with Crippen molar-refractivity contribution in [1.82, 2.24) is 5.32 Å². The van der Waals surface area contributed by atoms with Crippen LogP contribution in [0.2, 0.25) is 0 Å². The first kappa shape index (κ1) is 16.6. The number of thioether (sulfide) groups is 1. The molecule has 1 aliphatic rings. The molecule has 1 aliphatic heterocycles. The maximum Gasteiger partial charge on any atom is 0.249 e. The third-order valence-electron chi connectivity index (χ3n) is 4.15. The van der Waals surface area contributed by atoms with Crippen molar-refractivity contribution in [2.24, 2.45) is 0 Å². The van der Waals surface area contributed by atoms with Gasteiger partial charge in [0.1, 0.15) is 6.04 Å². The van der Waals surface area contributed by atoms with Crippen LogP contribution < -0.4 is 10.2 Å². The third kappa shape index (κ3) is 3.97. The predicted molar refractivity (Wildman–Crippen MR) is 97.0 cm³/mol. The van der Waals surface area contributed by atoms with Crippen LogP contribution in [0.3, 0.4) is 0 Å². The van der Waals surface area contributed by atoms with Gasteiger partial charge in [-0.15, -0.1) is 11.8 Å². The van der Waals surface area contributed by atoms with E-state index >= 15 is 0 Å². The average Bonchev–Trinajstić information content (AvgIpc) is 2.61. The number of likely N-dealkylation sites (N-methyl/N-ethyl adjacent to an activating group) is 1. The molecular formula is C19H20N2O2S. The number of anilines is 1. The van der Waals surface area contributed by atoms with E-state index in [4.69, 9.17) is 0 Å². The monoisotopic (exact) mass is 340 g/mol. The Kier molecular flexibility index (Phi) is 5.20. The van der Waals surface area contributed by atoms with Crippen LogP contribution in [-0.4, -0.2) is 24.9 Å². The molecule has 0 saturated carbocycles. The van der Waals surface area contributed by atoms with Crippen molar-refractivity contribution in [3.05, 3.63) is 60.2 Å². The van der Waals surface area contributed by atoms with Crippen molar-refractivity contribution in [2.45, 2.75) is 29.5 Å². The van der Waals surface area contributed by atoms with Crippen molar-refractivity contribution in [2.75, 3.05) is 11.9 Å². The molecule has 0 radical (unpaired) electrons. The zero-order chi connectivity index (χ0) is 16.9. The lowest BCUT2D eigenvalue weighted by Gasteiger charge is -2.31. The summed E-state index contributed by atoms with van der Waals surface area (Å²) in [6.45, 7) is 0. The number of carbonyl (C=O) groups is 2. The first-order valence-electron chi connectivity index (χ1n) is 7.97. The Morgan fingerprint density at radius 3 is 2.67 bits per heavy atom. The maximum atomic E-state index is 12.0. The van der Waals surface area contributed by atoms with Crippen LogP contribution in [0.4, 0.5) is 5.69 Å². The summed E-state index contributed by atoms with van der Waals surface area (Å²) in [6, 6.07) is 18.2. The van der Waals surface area contributed by atoms with Crippen LogP contribution in [0.1, 0.15) is 18.4 Å². The van der Waals surface area contributed by atoms with Gasteiger partial charge in [-0.3, -0.25) is 14.9 Å². The molecule has 1 fully saturated rings. The number of piperidine rings is 1. The van der Waals surface area contributed by atoms with Crippen molar-refractivity contribution >= 4 is 29.3 Å². The Labute approximate surface area is 146 Å². The molecule has 2 aromatic rings. The molecule has 0 aromatic heterocycles. The molecule has 24 heavy (non-hydrogen) atoms. The zero-order valence-electron chi connectivity index (χ0n) is 13.6. The first-order chi connectivity index (χ1) is 11.6. The molecule has 1 atom stereocenters. The highest BCUT2D eigenvalue weighted by Gasteiger charge is 2.29. The molecule has 3 rings (SSSR count). The SMILES string of the molecule is CN(c1cccc(SCc2ccccc2)c1)C1CCC(=O)NC1=O. The summed E-state index contributed by atoms with van der Waals surface area (Å²) in [6.07, 6.45) is 0.950. The van der Waals surface area contributed by atoms with E-state index in [0.29, 0.717) is 12.8 Å². The highest BCUT2D eigenvalue weighted by Crippen LogP contribution is 2.28.